The maximum Gasteiger partial charge on any atom is 0.245 e. The lowest BCUT2D eigenvalue weighted by molar-refractivity contribution is -0.127. The Morgan fingerprint density at radius 3 is 2.76 bits per heavy atom. The molecule has 1 amide bonds. The fourth-order valence-corrected chi connectivity index (χ4v) is 5.47. The predicted molar refractivity (Wildman–Crippen MR) is 137 cm³/mol. The van der Waals surface area contributed by atoms with E-state index >= 15 is 0 Å². The van der Waals surface area contributed by atoms with Crippen LogP contribution >= 0.6 is 11.6 Å². The van der Waals surface area contributed by atoms with Crippen LogP contribution in [0.2, 0.25) is 5.02 Å². The SMILES string of the molecule is C=CC(=O)N1CCC(N[C@H]2CCC[C@@H](Nc3ncc(Cl)c(-c4c[nH]c5ccccc45)n3)C2)CC1. The molecular formula is C26H31ClN6O. The van der Waals surface area contributed by atoms with Gasteiger partial charge in [-0.15, -0.1) is 0 Å². The molecule has 3 aromatic rings. The zero-order valence-corrected chi connectivity index (χ0v) is 20.0. The molecule has 3 N–H and O–H groups in total. The van der Waals surface area contributed by atoms with Crippen LogP contribution in [0, 0.1) is 0 Å². The highest BCUT2D eigenvalue weighted by Gasteiger charge is 2.27. The standard InChI is InChI=1S/C26H31ClN6O/c1-2-24(34)33-12-10-17(11-13-33)30-18-6-5-7-19(14-18)31-26-29-16-22(27)25(32-26)21-15-28-23-9-4-3-8-20(21)23/h2-4,8-9,15-19,28,30H,1,5-7,10-14H2,(H,29,31,32)/t18-,19+/m0/s1. The number of benzene rings is 1. The van der Waals surface area contributed by atoms with Gasteiger partial charge in [0.15, 0.2) is 0 Å². The van der Waals surface area contributed by atoms with Crippen molar-refractivity contribution in [2.45, 2.75) is 56.7 Å². The molecule has 0 spiro atoms. The minimum absolute atomic E-state index is 0.0374. The summed E-state index contributed by atoms with van der Waals surface area (Å²) < 4.78 is 0. The second-order valence-corrected chi connectivity index (χ2v) is 9.72. The van der Waals surface area contributed by atoms with Crippen molar-refractivity contribution in [3.8, 4) is 11.3 Å². The normalized spacial score (nSPS) is 21.5. The molecule has 1 aromatic carbocycles. The van der Waals surface area contributed by atoms with E-state index in [2.05, 4.69) is 33.2 Å². The van der Waals surface area contributed by atoms with Gasteiger partial charge in [0.05, 0.1) is 16.9 Å². The average Bonchev–Trinajstić information content (AvgIpc) is 3.29. The summed E-state index contributed by atoms with van der Waals surface area (Å²) in [6.45, 7) is 5.19. The predicted octanol–water partition coefficient (Wildman–Crippen LogP) is 4.77. The number of hydrogen-bond donors (Lipinski definition) is 3. The zero-order valence-electron chi connectivity index (χ0n) is 19.3. The number of nitrogens with zero attached hydrogens (tertiary/aromatic N) is 3. The van der Waals surface area contributed by atoms with E-state index in [1.165, 1.54) is 12.5 Å². The number of fused-ring (bicyclic) bond motifs is 1. The van der Waals surface area contributed by atoms with E-state index in [0.29, 0.717) is 29.1 Å². The summed E-state index contributed by atoms with van der Waals surface area (Å²) in [6.07, 6.45) is 11.5. The third-order valence-electron chi connectivity index (χ3n) is 7.05. The van der Waals surface area contributed by atoms with Crippen molar-refractivity contribution >= 4 is 34.4 Å². The molecule has 2 aromatic heterocycles. The molecule has 1 aliphatic heterocycles. The Balaban J connectivity index is 1.22. The number of aromatic nitrogens is 3. The molecule has 2 fully saturated rings. The average molecular weight is 479 g/mol. The van der Waals surface area contributed by atoms with Gasteiger partial charge in [-0.3, -0.25) is 4.79 Å². The van der Waals surface area contributed by atoms with Crippen LogP contribution in [0.3, 0.4) is 0 Å². The molecule has 8 heteroatoms. The number of aromatic amines is 1. The molecule has 1 saturated heterocycles. The lowest BCUT2D eigenvalue weighted by Crippen LogP contribution is -2.49. The zero-order chi connectivity index (χ0) is 23.5. The van der Waals surface area contributed by atoms with E-state index in [9.17, 15) is 4.79 Å². The number of rotatable bonds is 6. The van der Waals surface area contributed by atoms with Crippen LogP contribution in [0.25, 0.3) is 22.2 Å². The molecule has 34 heavy (non-hydrogen) atoms. The summed E-state index contributed by atoms with van der Waals surface area (Å²) >= 11 is 6.49. The fraction of sp³-hybridized carbons (Fsp3) is 0.423. The van der Waals surface area contributed by atoms with E-state index in [-0.39, 0.29) is 5.91 Å². The van der Waals surface area contributed by atoms with Crippen LogP contribution in [0.15, 0.2) is 49.3 Å². The maximum absolute atomic E-state index is 11.8. The molecule has 0 unspecified atom stereocenters. The number of carbonyl (C=O) groups is 1. The monoisotopic (exact) mass is 478 g/mol. The Morgan fingerprint density at radius 1 is 1.15 bits per heavy atom. The van der Waals surface area contributed by atoms with Gasteiger partial charge in [-0.1, -0.05) is 36.4 Å². The van der Waals surface area contributed by atoms with Crippen molar-refractivity contribution in [3.63, 3.8) is 0 Å². The molecule has 178 valence electrons. The van der Waals surface area contributed by atoms with Crippen LogP contribution in [-0.2, 0) is 4.79 Å². The highest BCUT2D eigenvalue weighted by Crippen LogP contribution is 2.33. The first-order valence-electron chi connectivity index (χ1n) is 12.1. The number of halogens is 1. The number of nitrogens with one attached hydrogen (secondary N) is 3. The molecule has 1 saturated carbocycles. The van der Waals surface area contributed by atoms with Crippen LogP contribution in [0.1, 0.15) is 38.5 Å². The number of hydrogen-bond acceptors (Lipinski definition) is 5. The lowest BCUT2D eigenvalue weighted by atomic mass is 9.89. The van der Waals surface area contributed by atoms with Gasteiger partial charge in [0.2, 0.25) is 11.9 Å². The third-order valence-corrected chi connectivity index (χ3v) is 7.33. The number of anilines is 1. The van der Waals surface area contributed by atoms with Crippen molar-refractivity contribution in [2.24, 2.45) is 0 Å². The molecule has 3 heterocycles. The van der Waals surface area contributed by atoms with Crippen LogP contribution in [0.5, 0.6) is 0 Å². The first-order valence-corrected chi connectivity index (χ1v) is 12.5. The second-order valence-electron chi connectivity index (χ2n) is 9.31. The second kappa shape index (κ2) is 10.2. The van der Waals surface area contributed by atoms with Gasteiger partial charge in [0.25, 0.3) is 0 Å². The highest BCUT2D eigenvalue weighted by atomic mass is 35.5. The number of para-hydroxylation sites is 1. The minimum atomic E-state index is 0.0374. The summed E-state index contributed by atoms with van der Waals surface area (Å²) in [5, 5.41) is 9.04. The first kappa shape index (κ1) is 22.9. The number of carbonyl (C=O) groups excluding carboxylic acids is 1. The van der Waals surface area contributed by atoms with Crippen molar-refractivity contribution in [1.82, 2.24) is 25.2 Å². The molecule has 0 radical (unpaired) electrons. The lowest BCUT2D eigenvalue weighted by Gasteiger charge is -2.37. The molecule has 1 aliphatic carbocycles. The van der Waals surface area contributed by atoms with E-state index in [4.69, 9.17) is 16.6 Å². The highest BCUT2D eigenvalue weighted by molar-refractivity contribution is 6.33. The van der Waals surface area contributed by atoms with Crippen LogP contribution < -0.4 is 10.6 Å². The molecule has 5 rings (SSSR count). The topological polar surface area (TPSA) is 85.9 Å². The van der Waals surface area contributed by atoms with Gasteiger partial charge in [-0.25, -0.2) is 9.97 Å². The van der Waals surface area contributed by atoms with Gasteiger partial charge < -0.3 is 20.5 Å². The van der Waals surface area contributed by atoms with Crippen molar-refractivity contribution in [3.05, 3.63) is 54.3 Å². The van der Waals surface area contributed by atoms with Gasteiger partial charge >= 0.3 is 0 Å². The van der Waals surface area contributed by atoms with Gasteiger partial charge in [0.1, 0.15) is 0 Å². The van der Waals surface area contributed by atoms with Gasteiger partial charge in [-0.2, -0.15) is 0 Å². The van der Waals surface area contributed by atoms with Crippen molar-refractivity contribution in [2.75, 3.05) is 18.4 Å². The number of likely N-dealkylation sites (tertiary alicyclic amines) is 1. The Labute approximate surface area is 205 Å². The third kappa shape index (κ3) is 4.95. The molecular weight excluding hydrogens is 448 g/mol. The van der Waals surface area contributed by atoms with Crippen LogP contribution in [-0.4, -0.2) is 57.0 Å². The quantitative estimate of drug-likeness (QED) is 0.444. The Kier molecular flexibility index (Phi) is 6.83. The van der Waals surface area contributed by atoms with E-state index in [1.54, 1.807) is 6.20 Å². The Bertz CT molecular complexity index is 1170. The summed E-state index contributed by atoms with van der Waals surface area (Å²) in [5.41, 5.74) is 2.78. The van der Waals surface area contributed by atoms with E-state index < -0.39 is 0 Å². The first-order chi connectivity index (χ1) is 16.6. The van der Waals surface area contributed by atoms with Gasteiger partial charge in [-0.05, 0) is 50.7 Å². The summed E-state index contributed by atoms with van der Waals surface area (Å²) in [6, 6.07) is 9.37. The van der Waals surface area contributed by atoms with Crippen LogP contribution in [0.4, 0.5) is 5.95 Å². The van der Waals surface area contributed by atoms with E-state index in [1.807, 2.05) is 29.3 Å². The van der Waals surface area contributed by atoms with Crippen molar-refractivity contribution < 1.29 is 4.79 Å². The van der Waals surface area contributed by atoms with Gasteiger partial charge in [0, 0.05) is 53.9 Å². The maximum atomic E-state index is 11.8. The molecule has 2 aliphatic rings. The van der Waals surface area contributed by atoms with Crippen molar-refractivity contribution in [1.29, 1.82) is 0 Å². The summed E-state index contributed by atoms with van der Waals surface area (Å²) in [7, 11) is 0. The van der Waals surface area contributed by atoms with E-state index in [0.717, 1.165) is 67.4 Å². The Morgan fingerprint density at radius 2 is 1.94 bits per heavy atom. The number of H-pyrrole nitrogens is 1. The molecule has 0 bridgehead atoms. The molecule has 2 atom stereocenters. The number of amides is 1. The summed E-state index contributed by atoms with van der Waals surface area (Å²) in [5.74, 6) is 0.655. The summed E-state index contributed by atoms with van der Waals surface area (Å²) in [4.78, 5) is 26.3. The fourth-order valence-electron chi connectivity index (χ4n) is 5.28. The minimum Gasteiger partial charge on any atom is -0.360 e. The smallest absolute Gasteiger partial charge is 0.245 e. The number of piperidine rings is 1. The Hall–Kier alpha value is -2.90. The largest absolute Gasteiger partial charge is 0.360 e. The molecule has 7 nitrogen and oxygen atoms in total.